The minimum atomic E-state index is -0.198. The van der Waals surface area contributed by atoms with Crippen molar-refractivity contribution >= 4 is 24.3 Å². The second-order valence-electron chi connectivity index (χ2n) is 5.17. The van der Waals surface area contributed by atoms with E-state index in [9.17, 15) is 4.79 Å². The minimum absolute atomic E-state index is 0. The van der Waals surface area contributed by atoms with Gasteiger partial charge in [-0.25, -0.2) is 0 Å². The van der Waals surface area contributed by atoms with E-state index in [4.69, 9.17) is 15.9 Å². The quantitative estimate of drug-likeness (QED) is 0.387. The molecule has 1 heterocycles. The number of ether oxygens (including phenoxy) is 1. The number of carbonyl (C=O) groups excluding carboxylic acids is 1. The van der Waals surface area contributed by atoms with E-state index < -0.39 is 0 Å². The molecule has 1 unspecified atom stereocenters. The van der Waals surface area contributed by atoms with Crippen LogP contribution in [0.4, 0.5) is 0 Å². The molecule has 6 heteroatoms. The van der Waals surface area contributed by atoms with Gasteiger partial charge in [0.25, 0.3) is 0 Å². The molecule has 1 saturated heterocycles. The number of halogens is 1. The van der Waals surface area contributed by atoms with E-state index in [1.807, 2.05) is 23.1 Å². The second-order valence-corrected chi connectivity index (χ2v) is 5.17. The third kappa shape index (κ3) is 5.63. The van der Waals surface area contributed by atoms with Crippen molar-refractivity contribution in [3.05, 3.63) is 30.3 Å². The predicted octanol–water partition coefficient (Wildman–Crippen LogP) is 2.40. The van der Waals surface area contributed by atoms with Crippen LogP contribution >= 0.6 is 12.4 Å². The van der Waals surface area contributed by atoms with E-state index in [1.165, 1.54) is 0 Å². The molecule has 0 radical (unpaired) electrons. The van der Waals surface area contributed by atoms with Crippen LogP contribution in [-0.2, 0) is 4.79 Å². The van der Waals surface area contributed by atoms with Gasteiger partial charge < -0.3 is 15.4 Å². The van der Waals surface area contributed by atoms with Crippen molar-refractivity contribution in [2.45, 2.75) is 25.7 Å². The Bertz CT molecular complexity index is 467. The average Bonchev–Trinajstić information content (AvgIpc) is 2.46. The molecule has 1 aliphatic rings. The number of benzene rings is 1. The van der Waals surface area contributed by atoms with Gasteiger partial charge in [0.1, 0.15) is 5.75 Å². The fourth-order valence-electron chi connectivity index (χ4n) is 2.51. The molecule has 0 aromatic heterocycles. The van der Waals surface area contributed by atoms with Crippen molar-refractivity contribution in [2.24, 2.45) is 11.7 Å². The van der Waals surface area contributed by atoms with Gasteiger partial charge in [0.2, 0.25) is 0 Å². The van der Waals surface area contributed by atoms with E-state index in [0.29, 0.717) is 18.1 Å². The van der Waals surface area contributed by atoms with Gasteiger partial charge in [-0.3, -0.25) is 10.2 Å². The number of nitrogens with zero attached hydrogens (tertiary/aromatic N) is 1. The van der Waals surface area contributed by atoms with E-state index >= 15 is 0 Å². The first-order chi connectivity index (χ1) is 9.65. The fraction of sp³-hybridized carbons (Fsp3) is 0.467. The van der Waals surface area contributed by atoms with E-state index in [0.717, 1.165) is 32.4 Å². The van der Waals surface area contributed by atoms with Crippen LogP contribution in [-0.4, -0.2) is 29.9 Å². The standard InChI is InChI=1S/C15H21N3O2.ClH/c16-15(17)18-10-4-5-12(11-18)8-9-14(19)20-13-6-2-1-3-7-13;/h1-3,6-7,12H,4-5,8-11H2,(H3,16,17);1H. The monoisotopic (exact) mass is 311 g/mol. The van der Waals surface area contributed by atoms with Crippen molar-refractivity contribution in [1.29, 1.82) is 5.41 Å². The Hall–Kier alpha value is -1.75. The van der Waals surface area contributed by atoms with Gasteiger partial charge in [-0.1, -0.05) is 18.2 Å². The Balaban J connectivity index is 0.00000220. The Morgan fingerprint density at radius 2 is 2.10 bits per heavy atom. The van der Waals surface area contributed by atoms with Crippen molar-refractivity contribution < 1.29 is 9.53 Å². The first-order valence-corrected chi connectivity index (χ1v) is 7.00. The maximum absolute atomic E-state index is 11.8. The Labute approximate surface area is 131 Å². The molecule has 0 bridgehead atoms. The van der Waals surface area contributed by atoms with Gasteiger partial charge >= 0.3 is 5.97 Å². The van der Waals surface area contributed by atoms with Crippen LogP contribution in [0.3, 0.4) is 0 Å². The van der Waals surface area contributed by atoms with Gasteiger partial charge in [-0.2, -0.15) is 0 Å². The third-order valence-electron chi connectivity index (χ3n) is 3.59. The van der Waals surface area contributed by atoms with Gasteiger partial charge in [0.15, 0.2) is 5.96 Å². The lowest BCUT2D eigenvalue weighted by Gasteiger charge is -2.32. The number of nitrogens with one attached hydrogen (secondary N) is 1. The molecule has 1 aromatic rings. The summed E-state index contributed by atoms with van der Waals surface area (Å²) in [6.07, 6.45) is 3.31. The normalized spacial score (nSPS) is 17.7. The smallest absolute Gasteiger partial charge is 0.311 e. The lowest BCUT2D eigenvalue weighted by Crippen LogP contribution is -2.43. The summed E-state index contributed by atoms with van der Waals surface area (Å²) in [5.41, 5.74) is 5.51. The average molecular weight is 312 g/mol. The van der Waals surface area contributed by atoms with E-state index in [2.05, 4.69) is 0 Å². The fourth-order valence-corrected chi connectivity index (χ4v) is 2.51. The lowest BCUT2D eigenvalue weighted by atomic mass is 9.93. The molecule has 0 spiro atoms. The molecule has 1 atom stereocenters. The predicted molar refractivity (Wildman–Crippen MR) is 84.8 cm³/mol. The molecular formula is C15H22ClN3O2. The number of esters is 1. The molecular weight excluding hydrogens is 290 g/mol. The summed E-state index contributed by atoms with van der Waals surface area (Å²) in [6.45, 7) is 1.62. The molecule has 1 fully saturated rings. The number of hydrogen-bond donors (Lipinski definition) is 2. The Morgan fingerprint density at radius 3 is 2.76 bits per heavy atom. The molecule has 0 amide bonds. The Morgan fingerprint density at radius 1 is 1.38 bits per heavy atom. The highest BCUT2D eigenvalue weighted by atomic mass is 35.5. The van der Waals surface area contributed by atoms with Crippen LogP contribution in [0.2, 0.25) is 0 Å². The van der Waals surface area contributed by atoms with Gasteiger partial charge in [0.05, 0.1) is 0 Å². The number of piperidine rings is 1. The number of carbonyl (C=O) groups is 1. The third-order valence-corrected chi connectivity index (χ3v) is 3.59. The summed E-state index contributed by atoms with van der Waals surface area (Å²) in [4.78, 5) is 13.6. The zero-order valence-electron chi connectivity index (χ0n) is 12.0. The van der Waals surface area contributed by atoms with E-state index in [1.54, 1.807) is 12.1 Å². The summed E-state index contributed by atoms with van der Waals surface area (Å²) in [7, 11) is 0. The number of guanidine groups is 1. The first-order valence-electron chi connectivity index (χ1n) is 7.00. The van der Waals surface area contributed by atoms with Crippen LogP contribution in [0.5, 0.6) is 5.75 Å². The number of hydrogen-bond acceptors (Lipinski definition) is 3. The second kappa shape index (κ2) is 8.52. The first kappa shape index (κ1) is 17.3. The van der Waals surface area contributed by atoms with Crippen LogP contribution in [0.25, 0.3) is 0 Å². The maximum atomic E-state index is 11.8. The maximum Gasteiger partial charge on any atom is 0.311 e. The van der Waals surface area contributed by atoms with Crippen molar-refractivity contribution in [2.75, 3.05) is 13.1 Å². The summed E-state index contributed by atoms with van der Waals surface area (Å²) in [5.74, 6) is 0.931. The molecule has 1 aromatic carbocycles. The molecule has 1 aliphatic heterocycles. The molecule has 0 aliphatic carbocycles. The minimum Gasteiger partial charge on any atom is -0.427 e. The summed E-state index contributed by atoms with van der Waals surface area (Å²) < 4.78 is 5.26. The van der Waals surface area contributed by atoms with Gasteiger partial charge in [0, 0.05) is 19.5 Å². The molecule has 2 rings (SSSR count). The van der Waals surface area contributed by atoms with Crippen LogP contribution < -0.4 is 10.5 Å². The van der Waals surface area contributed by atoms with Crippen LogP contribution in [0, 0.1) is 11.3 Å². The molecule has 21 heavy (non-hydrogen) atoms. The highest BCUT2D eigenvalue weighted by Crippen LogP contribution is 2.21. The number of rotatable bonds is 4. The summed E-state index contributed by atoms with van der Waals surface area (Å²) in [5, 5.41) is 7.46. The van der Waals surface area contributed by atoms with Crippen molar-refractivity contribution in [1.82, 2.24) is 4.90 Å². The van der Waals surface area contributed by atoms with Crippen LogP contribution in [0.15, 0.2) is 30.3 Å². The molecule has 5 nitrogen and oxygen atoms in total. The lowest BCUT2D eigenvalue weighted by molar-refractivity contribution is -0.134. The summed E-state index contributed by atoms with van der Waals surface area (Å²) >= 11 is 0. The van der Waals surface area contributed by atoms with Gasteiger partial charge in [-0.15, -0.1) is 12.4 Å². The SMILES string of the molecule is Cl.N=C(N)N1CCCC(CCC(=O)Oc2ccccc2)C1. The molecule has 3 N–H and O–H groups in total. The Kier molecular flexibility index (Phi) is 7.02. The number of nitrogens with two attached hydrogens (primary N) is 1. The number of likely N-dealkylation sites (tertiary alicyclic amines) is 1. The topological polar surface area (TPSA) is 79.4 Å². The highest BCUT2D eigenvalue weighted by molar-refractivity contribution is 5.85. The molecule has 116 valence electrons. The zero-order valence-corrected chi connectivity index (χ0v) is 12.8. The van der Waals surface area contributed by atoms with E-state index in [-0.39, 0.29) is 24.3 Å². The van der Waals surface area contributed by atoms with Crippen molar-refractivity contribution in [3.63, 3.8) is 0 Å². The van der Waals surface area contributed by atoms with Crippen molar-refractivity contribution in [3.8, 4) is 5.75 Å². The zero-order chi connectivity index (χ0) is 14.4. The summed E-state index contributed by atoms with van der Waals surface area (Å²) in [6, 6.07) is 9.12. The van der Waals surface area contributed by atoms with Crippen LogP contribution in [0.1, 0.15) is 25.7 Å². The van der Waals surface area contributed by atoms with Gasteiger partial charge in [-0.05, 0) is 37.3 Å². The highest BCUT2D eigenvalue weighted by Gasteiger charge is 2.21. The molecule has 0 saturated carbocycles. The number of para-hydroxylation sites is 1. The largest absolute Gasteiger partial charge is 0.427 e.